The molecule has 1 atom stereocenters. The largest absolute Gasteiger partial charge is 0.313 e. The molecule has 0 aliphatic heterocycles. The second-order valence-electron chi connectivity index (χ2n) is 3.64. The van der Waals surface area contributed by atoms with Gasteiger partial charge in [0.05, 0.1) is 5.52 Å². The average Bonchev–Trinajstić information content (AvgIpc) is 2.59. The van der Waals surface area contributed by atoms with Gasteiger partial charge < -0.3 is 5.32 Å². The fourth-order valence-electron chi connectivity index (χ4n) is 1.60. The third kappa shape index (κ3) is 1.40. The van der Waals surface area contributed by atoms with Gasteiger partial charge >= 0.3 is 0 Å². The lowest BCUT2D eigenvalue weighted by Gasteiger charge is -2.09. The van der Waals surface area contributed by atoms with E-state index in [1.165, 1.54) is 10.9 Å². The Kier molecular flexibility index (Phi) is 2.25. The second kappa shape index (κ2) is 3.42. The van der Waals surface area contributed by atoms with E-state index in [-0.39, 0.29) is 0 Å². The molecule has 0 saturated heterocycles. The Morgan fingerprint density at radius 3 is 2.93 bits per heavy atom. The minimum absolute atomic E-state index is 0.372. The van der Waals surface area contributed by atoms with Crippen molar-refractivity contribution in [3.05, 3.63) is 29.5 Å². The molecule has 0 saturated carbocycles. The average molecular weight is 189 g/mol. The number of fused-ring (bicyclic) bond motifs is 1. The van der Waals surface area contributed by atoms with Crippen molar-refractivity contribution < 1.29 is 0 Å². The van der Waals surface area contributed by atoms with Crippen LogP contribution in [0.5, 0.6) is 0 Å². The van der Waals surface area contributed by atoms with Crippen molar-refractivity contribution in [2.45, 2.75) is 19.9 Å². The van der Waals surface area contributed by atoms with Gasteiger partial charge in [0.1, 0.15) is 0 Å². The molecule has 1 heterocycles. The number of aryl methyl sites for hydroxylation is 1. The van der Waals surface area contributed by atoms with E-state index in [9.17, 15) is 0 Å². The Morgan fingerprint density at radius 1 is 1.43 bits per heavy atom. The van der Waals surface area contributed by atoms with Crippen LogP contribution in [0.3, 0.4) is 0 Å². The van der Waals surface area contributed by atoms with Crippen molar-refractivity contribution in [2.75, 3.05) is 7.05 Å². The van der Waals surface area contributed by atoms with Gasteiger partial charge in [0, 0.05) is 17.1 Å². The Hall–Kier alpha value is -1.35. The molecule has 2 N–H and O–H groups in total. The predicted octanol–water partition coefficient (Wildman–Crippen LogP) is 2.15. The fraction of sp³-hybridized carbons (Fsp3) is 0.364. The van der Waals surface area contributed by atoms with Gasteiger partial charge in [0.25, 0.3) is 0 Å². The Bertz CT molecular complexity index is 445. The van der Waals surface area contributed by atoms with Crippen LogP contribution in [-0.2, 0) is 0 Å². The number of H-pyrrole nitrogens is 1. The van der Waals surface area contributed by atoms with Gasteiger partial charge in [0.15, 0.2) is 0 Å². The number of nitrogens with one attached hydrogen (secondary N) is 2. The second-order valence-corrected chi connectivity index (χ2v) is 3.64. The monoisotopic (exact) mass is 189 g/mol. The molecule has 1 aromatic carbocycles. The standard InChI is InChI=1S/C11H15N3/c1-7(12-3)9-4-5-10-8(2)13-14-11(10)6-9/h4-7,12H,1-3H3,(H,13,14). The van der Waals surface area contributed by atoms with Crippen LogP contribution < -0.4 is 5.32 Å². The van der Waals surface area contributed by atoms with Crippen LogP contribution in [0.15, 0.2) is 18.2 Å². The minimum atomic E-state index is 0.372. The van der Waals surface area contributed by atoms with Crippen LogP contribution in [0, 0.1) is 6.92 Å². The maximum atomic E-state index is 4.24. The number of hydrogen-bond donors (Lipinski definition) is 2. The first-order valence-electron chi connectivity index (χ1n) is 4.84. The molecule has 0 bridgehead atoms. The molecule has 2 aromatic rings. The van der Waals surface area contributed by atoms with E-state index in [1.807, 2.05) is 14.0 Å². The molecule has 0 radical (unpaired) electrons. The molecule has 74 valence electrons. The molecular weight excluding hydrogens is 174 g/mol. The highest BCUT2D eigenvalue weighted by Crippen LogP contribution is 2.20. The summed E-state index contributed by atoms with van der Waals surface area (Å²) in [4.78, 5) is 0. The third-order valence-corrected chi connectivity index (χ3v) is 2.70. The highest BCUT2D eigenvalue weighted by molar-refractivity contribution is 5.81. The summed E-state index contributed by atoms with van der Waals surface area (Å²) < 4.78 is 0. The van der Waals surface area contributed by atoms with Gasteiger partial charge in [0.2, 0.25) is 0 Å². The summed E-state index contributed by atoms with van der Waals surface area (Å²) >= 11 is 0. The molecule has 3 nitrogen and oxygen atoms in total. The lowest BCUT2D eigenvalue weighted by Crippen LogP contribution is -2.11. The SMILES string of the molecule is CNC(C)c1ccc2c(C)[nH]nc2c1. The summed E-state index contributed by atoms with van der Waals surface area (Å²) in [6.07, 6.45) is 0. The zero-order valence-corrected chi connectivity index (χ0v) is 8.76. The normalized spacial score (nSPS) is 13.4. The van der Waals surface area contributed by atoms with E-state index < -0.39 is 0 Å². The van der Waals surface area contributed by atoms with Gasteiger partial charge in [-0.2, -0.15) is 5.10 Å². The van der Waals surface area contributed by atoms with Crippen LogP contribution in [0.25, 0.3) is 10.9 Å². The Morgan fingerprint density at radius 2 is 2.21 bits per heavy atom. The lowest BCUT2D eigenvalue weighted by molar-refractivity contribution is 0.653. The van der Waals surface area contributed by atoms with E-state index in [2.05, 4.69) is 40.6 Å². The van der Waals surface area contributed by atoms with Crippen molar-refractivity contribution in [3.63, 3.8) is 0 Å². The summed E-state index contributed by atoms with van der Waals surface area (Å²) in [5.41, 5.74) is 3.44. The summed E-state index contributed by atoms with van der Waals surface area (Å²) in [7, 11) is 1.96. The van der Waals surface area contributed by atoms with Crippen molar-refractivity contribution >= 4 is 10.9 Å². The van der Waals surface area contributed by atoms with E-state index in [4.69, 9.17) is 0 Å². The van der Waals surface area contributed by atoms with E-state index in [0.29, 0.717) is 6.04 Å². The number of nitrogens with zero attached hydrogens (tertiary/aromatic N) is 1. The maximum absolute atomic E-state index is 4.24. The number of aromatic amines is 1. The van der Waals surface area contributed by atoms with Crippen molar-refractivity contribution in [1.82, 2.24) is 15.5 Å². The fourth-order valence-corrected chi connectivity index (χ4v) is 1.60. The number of hydrogen-bond acceptors (Lipinski definition) is 2. The van der Waals surface area contributed by atoms with Gasteiger partial charge in [-0.1, -0.05) is 12.1 Å². The molecule has 1 unspecified atom stereocenters. The first-order valence-corrected chi connectivity index (χ1v) is 4.84. The molecule has 0 fully saturated rings. The molecule has 14 heavy (non-hydrogen) atoms. The quantitative estimate of drug-likeness (QED) is 0.760. The number of rotatable bonds is 2. The molecule has 0 spiro atoms. The van der Waals surface area contributed by atoms with E-state index in [0.717, 1.165) is 11.2 Å². The van der Waals surface area contributed by atoms with Crippen LogP contribution in [0.2, 0.25) is 0 Å². The maximum Gasteiger partial charge on any atom is 0.0926 e. The van der Waals surface area contributed by atoms with Gasteiger partial charge in [-0.15, -0.1) is 0 Å². The van der Waals surface area contributed by atoms with Crippen molar-refractivity contribution in [2.24, 2.45) is 0 Å². The molecule has 0 aliphatic rings. The number of aromatic nitrogens is 2. The Labute approximate surface area is 83.5 Å². The molecule has 1 aromatic heterocycles. The summed E-state index contributed by atoms with van der Waals surface area (Å²) in [6.45, 7) is 4.18. The molecule has 0 aliphatic carbocycles. The molecule has 2 rings (SSSR count). The molecule has 3 heteroatoms. The molecule has 0 amide bonds. The topological polar surface area (TPSA) is 40.7 Å². The summed E-state index contributed by atoms with van der Waals surface area (Å²) in [6, 6.07) is 6.76. The van der Waals surface area contributed by atoms with Gasteiger partial charge in [-0.25, -0.2) is 0 Å². The van der Waals surface area contributed by atoms with E-state index in [1.54, 1.807) is 0 Å². The highest BCUT2D eigenvalue weighted by Gasteiger charge is 2.05. The Balaban J connectivity index is 2.52. The minimum Gasteiger partial charge on any atom is -0.313 e. The third-order valence-electron chi connectivity index (χ3n) is 2.70. The van der Waals surface area contributed by atoms with Crippen molar-refractivity contribution in [3.8, 4) is 0 Å². The first-order chi connectivity index (χ1) is 6.72. The predicted molar refractivity (Wildman–Crippen MR) is 58.3 cm³/mol. The first kappa shape index (κ1) is 9.21. The lowest BCUT2D eigenvalue weighted by atomic mass is 10.1. The van der Waals surface area contributed by atoms with Crippen LogP contribution in [0.1, 0.15) is 24.2 Å². The van der Waals surface area contributed by atoms with E-state index >= 15 is 0 Å². The van der Waals surface area contributed by atoms with Crippen LogP contribution in [-0.4, -0.2) is 17.2 Å². The summed E-state index contributed by atoms with van der Waals surface area (Å²) in [5.74, 6) is 0. The highest BCUT2D eigenvalue weighted by atomic mass is 15.1. The van der Waals surface area contributed by atoms with Gasteiger partial charge in [-0.3, -0.25) is 5.10 Å². The zero-order chi connectivity index (χ0) is 10.1. The number of benzene rings is 1. The molecular formula is C11H15N3. The van der Waals surface area contributed by atoms with Crippen molar-refractivity contribution in [1.29, 1.82) is 0 Å². The zero-order valence-electron chi connectivity index (χ0n) is 8.76. The van der Waals surface area contributed by atoms with Crippen LogP contribution in [0.4, 0.5) is 0 Å². The van der Waals surface area contributed by atoms with Crippen LogP contribution >= 0.6 is 0 Å². The summed E-state index contributed by atoms with van der Waals surface area (Å²) in [5, 5.41) is 11.7. The smallest absolute Gasteiger partial charge is 0.0926 e. The van der Waals surface area contributed by atoms with Gasteiger partial charge in [-0.05, 0) is 32.5 Å².